The molecule has 7 heteroatoms. The number of nitrogens with one attached hydrogen (secondary N) is 1. The third kappa shape index (κ3) is 2.65. The summed E-state index contributed by atoms with van der Waals surface area (Å²) in [6, 6.07) is 0.333. The molecule has 6 nitrogen and oxygen atoms in total. The van der Waals surface area contributed by atoms with Crippen LogP contribution in [0.25, 0.3) is 11.5 Å². The minimum absolute atomic E-state index is 0.333. The Hall–Kier alpha value is -2.12. The highest BCUT2D eigenvalue weighted by Crippen LogP contribution is 2.32. The summed E-state index contributed by atoms with van der Waals surface area (Å²) >= 11 is 1.64. The topological polar surface area (TPSA) is 70.6 Å². The summed E-state index contributed by atoms with van der Waals surface area (Å²) in [6.07, 6.45) is 9.50. The van der Waals surface area contributed by atoms with Gasteiger partial charge in [-0.05, 0) is 19.4 Å². The summed E-state index contributed by atoms with van der Waals surface area (Å²) in [5.74, 6) is 0.754. The van der Waals surface area contributed by atoms with Gasteiger partial charge < -0.3 is 4.98 Å². The average molecular weight is 312 g/mol. The van der Waals surface area contributed by atoms with Gasteiger partial charge in [0.05, 0.1) is 35.3 Å². The maximum atomic E-state index is 4.61. The molecule has 1 fully saturated rings. The van der Waals surface area contributed by atoms with Gasteiger partial charge in [0.1, 0.15) is 5.69 Å². The largest absolute Gasteiger partial charge is 0.343 e. The van der Waals surface area contributed by atoms with E-state index in [1.807, 2.05) is 11.7 Å². The lowest BCUT2D eigenvalue weighted by Crippen LogP contribution is -2.23. The highest BCUT2D eigenvalue weighted by atomic mass is 32.1. The SMILES string of the molecule is c1c[nH]c(-c2cnc(C3CCCN3Cc3cscn3)cn2)n1. The number of imidazole rings is 1. The smallest absolute Gasteiger partial charge is 0.157 e. The predicted molar refractivity (Wildman–Crippen MR) is 84.1 cm³/mol. The van der Waals surface area contributed by atoms with Crippen LogP contribution in [-0.4, -0.2) is 36.4 Å². The molecule has 0 amide bonds. The molecule has 4 rings (SSSR count). The molecule has 1 unspecified atom stereocenters. The Bertz CT molecular complexity index is 707. The van der Waals surface area contributed by atoms with Crippen LogP contribution in [0.15, 0.2) is 35.7 Å². The standard InChI is InChI=1S/C15H16N6S/c1-2-14(21(5-1)8-11-9-22-10-20-11)12-6-19-13(7-18-12)15-16-3-4-17-15/h3-4,6-7,9-10,14H,1-2,5,8H2,(H,16,17). The van der Waals surface area contributed by atoms with Gasteiger partial charge >= 0.3 is 0 Å². The zero-order valence-electron chi connectivity index (χ0n) is 12.0. The molecule has 0 bridgehead atoms. The number of nitrogens with zero attached hydrogens (tertiary/aromatic N) is 5. The number of hydrogen-bond acceptors (Lipinski definition) is 6. The van der Waals surface area contributed by atoms with Crippen LogP contribution in [0.3, 0.4) is 0 Å². The Morgan fingerprint density at radius 1 is 1.23 bits per heavy atom. The van der Waals surface area contributed by atoms with E-state index in [0.29, 0.717) is 6.04 Å². The fourth-order valence-corrected chi connectivity index (χ4v) is 3.46. The van der Waals surface area contributed by atoms with E-state index in [9.17, 15) is 0 Å². The fourth-order valence-electron chi connectivity index (χ4n) is 2.91. The van der Waals surface area contributed by atoms with Gasteiger partial charge in [-0.3, -0.25) is 9.88 Å². The van der Waals surface area contributed by atoms with Crippen LogP contribution in [0.5, 0.6) is 0 Å². The van der Waals surface area contributed by atoms with Crippen molar-refractivity contribution in [3.63, 3.8) is 0 Å². The molecule has 112 valence electrons. The molecular formula is C15H16N6S. The highest BCUT2D eigenvalue weighted by molar-refractivity contribution is 7.07. The number of likely N-dealkylation sites (tertiary alicyclic amines) is 1. The number of rotatable bonds is 4. The minimum atomic E-state index is 0.333. The third-order valence-corrected chi connectivity index (χ3v) is 4.60. The second-order valence-electron chi connectivity index (χ2n) is 5.37. The number of thiazole rings is 1. The minimum Gasteiger partial charge on any atom is -0.343 e. The normalized spacial score (nSPS) is 18.8. The van der Waals surface area contributed by atoms with Crippen molar-refractivity contribution in [1.29, 1.82) is 0 Å². The summed E-state index contributed by atoms with van der Waals surface area (Å²) in [6.45, 7) is 1.97. The molecule has 3 aromatic rings. The van der Waals surface area contributed by atoms with Crippen LogP contribution >= 0.6 is 11.3 Å². The van der Waals surface area contributed by atoms with Gasteiger partial charge in [0.2, 0.25) is 0 Å². The molecule has 3 aromatic heterocycles. The van der Waals surface area contributed by atoms with Crippen LogP contribution in [0.4, 0.5) is 0 Å². The van der Waals surface area contributed by atoms with E-state index < -0.39 is 0 Å². The molecule has 1 aliphatic rings. The summed E-state index contributed by atoms with van der Waals surface area (Å²) in [5, 5.41) is 2.11. The van der Waals surface area contributed by atoms with Crippen molar-refractivity contribution in [2.45, 2.75) is 25.4 Å². The number of H-pyrrole nitrogens is 1. The maximum absolute atomic E-state index is 4.61. The van der Waals surface area contributed by atoms with Gasteiger partial charge in [-0.2, -0.15) is 0 Å². The summed E-state index contributed by atoms with van der Waals surface area (Å²) in [7, 11) is 0. The Balaban J connectivity index is 1.53. The summed E-state index contributed by atoms with van der Waals surface area (Å²) in [4.78, 5) is 23.2. The second-order valence-corrected chi connectivity index (χ2v) is 6.09. The van der Waals surface area contributed by atoms with E-state index in [1.165, 1.54) is 6.42 Å². The summed E-state index contributed by atoms with van der Waals surface area (Å²) in [5.41, 5.74) is 4.83. The quantitative estimate of drug-likeness (QED) is 0.802. The predicted octanol–water partition coefficient (Wildman–Crippen LogP) is 2.66. The van der Waals surface area contributed by atoms with Crippen molar-refractivity contribution in [3.05, 3.63) is 47.1 Å². The maximum Gasteiger partial charge on any atom is 0.157 e. The van der Waals surface area contributed by atoms with Crippen LogP contribution < -0.4 is 0 Å². The van der Waals surface area contributed by atoms with E-state index in [2.05, 4.69) is 35.2 Å². The van der Waals surface area contributed by atoms with Crippen LogP contribution in [0, 0.1) is 0 Å². The Labute approximate surface area is 132 Å². The first kappa shape index (κ1) is 13.5. The van der Waals surface area contributed by atoms with E-state index in [0.717, 1.165) is 42.4 Å². The van der Waals surface area contributed by atoms with Gasteiger partial charge in [0, 0.05) is 24.3 Å². The molecule has 0 aliphatic carbocycles. The molecule has 0 saturated carbocycles. The van der Waals surface area contributed by atoms with E-state index in [-0.39, 0.29) is 0 Å². The van der Waals surface area contributed by atoms with Crippen molar-refractivity contribution >= 4 is 11.3 Å². The zero-order valence-corrected chi connectivity index (χ0v) is 12.8. The Kier molecular flexibility index (Phi) is 3.65. The van der Waals surface area contributed by atoms with Gasteiger partial charge in [-0.15, -0.1) is 11.3 Å². The van der Waals surface area contributed by atoms with Gasteiger partial charge in [0.25, 0.3) is 0 Å². The molecule has 0 spiro atoms. The molecule has 22 heavy (non-hydrogen) atoms. The number of aromatic amines is 1. The van der Waals surface area contributed by atoms with E-state index in [4.69, 9.17) is 0 Å². The second kappa shape index (κ2) is 5.94. The Morgan fingerprint density at radius 2 is 2.23 bits per heavy atom. The van der Waals surface area contributed by atoms with Crippen LogP contribution in [-0.2, 0) is 6.54 Å². The molecule has 1 N–H and O–H groups in total. The monoisotopic (exact) mass is 312 g/mol. The van der Waals surface area contributed by atoms with Gasteiger partial charge in [0.15, 0.2) is 5.82 Å². The molecule has 0 radical (unpaired) electrons. The fraction of sp³-hybridized carbons (Fsp3) is 0.333. The van der Waals surface area contributed by atoms with Gasteiger partial charge in [-0.25, -0.2) is 15.0 Å². The number of hydrogen-bond donors (Lipinski definition) is 1. The first-order valence-corrected chi connectivity index (χ1v) is 8.27. The lowest BCUT2D eigenvalue weighted by molar-refractivity contribution is 0.241. The van der Waals surface area contributed by atoms with Crippen molar-refractivity contribution in [1.82, 2.24) is 29.8 Å². The molecule has 1 saturated heterocycles. The zero-order chi connectivity index (χ0) is 14.8. The van der Waals surface area contributed by atoms with E-state index >= 15 is 0 Å². The first-order chi connectivity index (χ1) is 10.9. The van der Waals surface area contributed by atoms with Crippen molar-refractivity contribution in [3.8, 4) is 11.5 Å². The highest BCUT2D eigenvalue weighted by Gasteiger charge is 2.27. The lowest BCUT2D eigenvalue weighted by Gasteiger charge is -2.22. The van der Waals surface area contributed by atoms with Crippen LogP contribution in [0.2, 0.25) is 0 Å². The van der Waals surface area contributed by atoms with Crippen molar-refractivity contribution < 1.29 is 0 Å². The first-order valence-electron chi connectivity index (χ1n) is 7.33. The van der Waals surface area contributed by atoms with E-state index in [1.54, 1.807) is 29.9 Å². The van der Waals surface area contributed by atoms with Gasteiger partial charge in [-0.1, -0.05) is 0 Å². The molecular weight excluding hydrogens is 296 g/mol. The van der Waals surface area contributed by atoms with Crippen molar-refractivity contribution in [2.24, 2.45) is 0 Å². The lowest BCUT2D eigenvalue weighted by atomic mass is 10.1. The third-order valence-electron chi connectivity index (χ3n) is 3.97. The molecule has 1 atom stereocenters. The average Bonchev–Trinajstić information content (AvgIpc) is 3.31. The molecule has 4 heterocycles. The summed E-state index contributed by atoms with van der Waals surface area (Å²) < 4.78 is 0. The number of aromatic nitrogens is 5. The molecule has 0 aromatic carbocycles. The molecule has 1 aliphatic heterocycles. The van der Waals surface area contributed by atoms with Crippen molar-refractivity contribution in [2.75, 3.05) is 6.54 Å². The van der Waals surface area contributed by atoms with Crippen LogP contribution in [0.1, 0.15) is 30.3 Å². The Morgan fingerprint density at radius 3 is 2.95 bits per heavy atom.